The summed E-state index contributed by atoms with van der Waals surface area (Å²) in [5.41, 5.74) is 0.427. The predicted octanol–water partition coefficient (Wildman–Crippen LogP) is 1.35. The molecule has 0 aliphatic carbocycles. The normalized spacial score (nSPS) is 11.3. The van der Waals surface area contributed by atoms with E-state index in [4.69, 9.17) is 0 Å². The Morgan fingerprint density at radius 2 is 1.88 bits per heavy atom. The first-order chi connectivity index (χ1) is 7.86. The number of benzene rings is 1. The average molecular weight is 236 g/mol. The fraction of sp³-hybridized carbons (Fsp3) is 0.462. The molecule has 0 saturated carbocycles. The van der Waals surface area contributed by atoms with E-state index in [-0.39, 0.29) is 11.7 Å². The van der Waals surface area contributed by atoms with Crippen molar-refractivity contribution in [2.75, 3.05) is 14.1 Å². The van der Waals surface area contributed by atoms with E-state index in [0.29, 0.717) is 6.54 Å². The number of carbonyl (C=O) groups is 1. The number of carbonyl (C=O) groups excluding carboxylic acids is 1. The molecule has 1 aromatic rings. The minimum absolute atomic E-state index is 0.0353. The van der Waals surface area contributed by atoms with E-state index in [1.807, 2.05) is 26.0 Å². The molecule has 0 radical (unpaired) electrons. The molecule has 94 valence electrons. The molecule has 17 heavy (non-hydrogen) atoms. The van der Waals surface area contributed by atoms with Crippen molar-refractivity contribution in [2.24, 2.45) is 0 Å². The molecular weight excluding hydrogens is 216 g/mol. The number of likely N-dealkylation sites (N-methyl/N-ethyl adjacent to an activating group) is 2. The molecule has 2 N–H and O–H groups in total. The standard InChI is InChI=1S/C13H20N2O2/c1-13(2,14-3)12(17)15(4)9-10-5-7-11(16)8-6-10/h5-8,14,16H,9H2,1-4H3. The molecule has 1 rings (SSSR count). The van der Waals surface area contributed by atoms with Gasteiger partial charge in [0.2, 0.25) is 5.91 Å². The maximum atomic E-state index is 12.1. The minimum atomic E-state index is -0.564. The van der Waals surface area contributed by atoms with Gasteiger partial charge in [-0.2, -0.15) is 0 Å². The molecule has 0 unspecified atom stereocenters. The van der Waals surface area contributed by atoms with Crippen LogP contribution in [0.2, 0.25) is 0 Å². The SMILES string of the molecule is CNC(C)(C)C(=O)N(C)Cc1ccc(O)cc1. The van der Waals surface area contributed by atoms with Crippen LogP contribution in [0, 0.1) is 0 Å². The molecule has 0 aliphatic rings. The number of nitrogens with one attached hydrogen (secondary N) is 1. The molecular formula is C13H20N2O2. The third-order valence-electron chi connectivity index (χ3n) is 2.86. The predicted molar refractivity (Wildman–Crippen MR) is 67.7 cm³/mol. The third-order valence-corrected chi connectivity index (χ3v) is 2.86. The quantitative estimate of drug-likeness (QED) is 0.829. The molecule has 4 heteroatoms. The molecule has 0 aromatic heterocycles. The van der Waals surface area contributed by atoms with Crippen LogP contribution in [-0.2, 0) is 11.3 Å². The van der Waals surface area contributed by atoms with Crippen LogP contribution in [0.4, 0.5) is 0 Å². The first kappa shape index (κ1) is 13.5. The molecule has 0 aliphatic heterocycles. The van der Waals surface area contributed by atoms with E-state index in [1.165, 1.54) is 0 Å². The van der Waals surface area contributed by atoms with Gasteiger partial charge >= 0.3 is 0 Å². The summed E-state index contributed by atoms with van der Waals surface area (Å²) in [6.07, 6.45) is 0. The lowest BCUT2D eigenvalue weighted by molar-refractivity contribution is -0.136. The van der Waals surface area contributed by atoms with Crippen molar-refractivity contribution < 1.29 is 9.90 Å². The summed E-state index contributed by atoms with van der Waals surface area (Å²) in [5.74, 6) is 0.270. The van der Waals surface area contributed by atoms with Crippen molar-refractivity contribution in [3.8, 4) is 5.75 Å². The Morgan fingerprint density at radius 1 is 1.35 bits per heavy atom. The summed E-state index contributed by atoms with van der Waals surface area (Å²) < 4.78 is 0. The van der Waals surface area contributed by atoms with Crippen LogP contribution in [0.15, 0.2) is 24.3 Å². The highest BCUT2D eigenvalue weighted by atomic mass is 16.3. The van der Waals surface area contributed by atoms with Crippen LogP contribution in [-0.4, -0.2) is 35.5 Å². The van der Waals surface area contributed by atoms with Crippen molar-refractivity contribution >= 4 is 5.91 Å². The van der Waals surface area contributed by atoms with Gasteiger partial charge in [-0.1, -0.05) is 12.1 Å². The first-order valence-corrected chi connectivity index (χ1v) is 5.59. The molecule has 1 amide bonds. The Balaban J connectivity index is 2.69. The van der Waals surface area contributed by atoms with Gasteiger partial charge in [0.1, 0.15) is 5.75 Å². The molecule has 0 saturated heterocycles. The van der Waals surface area contributed by atoms with Gasteiger partial charge in [-0.25, -0.2) is 0 Å². The molecule has 0 fully saturated rings. The third kappa shape index (κ3) is 3.46. The van der Waals surface area contributed by atoms with E-state index < -0.39 is 5.54 Å². The van der Waals surface area contributed by atoms with Gasteiger partial charge in [0.15, 0.2) is 0 Å². The van der Waals surface area contributed by atoms with E-state index in [0.717, 1.165) is 5.56 Å². The summed E-state index contributed by atoms with van der Waals surface area (Å²) >= 11 is 0. The van der Waals surface area contributed by atoms with E-state index in [2.05, 4.69) is 5.32 Å². The van der Waals surface area contributed by atoms with Crippen LogP contribution >= 0.6 is 0 Å². The number of hydrogen-bond acceptors (Lipinski definition) is 3. The van der Waals surface area contributed by atoms with Crippen LogP contribution in [0.5, 0.6) is 5.75 Å². The zero-order chi connectivity index (χ0) is 13.1. The van der Waals surface area contributed by atoms with Crippen molar-refractivity contribution in [2.45, 2.75) is 25.9 Å². The number of rotatable bonds is 4. The van der Waals surface area contributed by atoms with Gasteiger partial charge in [0.05, 0.1) is 5.54 Å². The van der Waals surface area contributed by atoms with Gasteiger partial charge in [-0.3, -0.25) is 4.79 Å². The van der Waals surface area contributed by atoms with Crippen LogP contribution < -0.4 is 5.32 Å². The van der Waals surface area contributed by atoms with Crippen molar-refractivity contribution in [3.05, 3.63) is 29.8 Å². The largest absolute Gasteiger partial charge is 0.508 e. The monoisotopic (exact) mass is 236 g/mol. The second-order valence-corrected chi connectivity index (χ2v) is 4.70. The molecule has 0 heterocycles. The van der Waals surface area contributed by atoms with Gasteiger partial charge < -0.3 is 15.3 Å². The Morgan fingerprint density at radius 3 is 2.35 bits per heavy atom. The minimum Gasteiger partial charge on any atom is -0.508 e. The lowest BCUT2D eigenvalue weighted by Crippen LogP contribution is -2.51. The zero-order valence-electron chi connectivity index (χ0n) is 10.8. The summed E-state index contributed by atoms with van der Waals surface area (Å²) in [5, 5.41) is 12.2. The first-order valence-electron chi connectivity index (χ1n) is 5.59. The Hall–Kier alpha value is -1.55. The van der Waals surface area contributed by atoms with E-state index in [1.54, 1.807) is 31.1 Å². The van der Waals surface area contributed by atoms with Crippen LogP contribution in [0.1, 0.15) is 19.4 Å². The zero-order valence-corrected chi connectivity index (χ0v) is 10.8. The summed E-state index contributed by atoms with van der Waals surface area (Å²) in [6, 6.07) is 6.87. The highest BCUT2D eigenvalue weighted by molar-refractivity contribution is 5.85. The molecule has 0 atom stereocenters. The van der Waals surface area contributed by atoms with Gasteiger partial charge in [-0.05, 0) is 38.6 Å². The molecule has 0 bridgehead atoms. The molecule has 1 aromatic carbocycles. The topological polar surface area (TPSA) is 52.6 Å². The smallest absolute Gasteiger partial charge is 0.242 e. The molecule has 0 spiro atoms. The lowest BCUT2D eigenvalue weighted by atomic mass is 10.0. The fourth-order valence-electron chi connectivity index (χ4n) is 1.53. The Bertz CT molecular complexity index is 385. The number of hydrogen-bond donors (Lipinski definition) is 2. The Labute approximate surface area is 102 Å². The van der Waals surface area contributed by atoms with Gasteiger partial charge in [-0.15, -0.1) is 0 Å². The maximum absolute atomic E-state index is 12.1. The Kier molecular flexibility index (Phi) is 4.12. The van der Waals surface area contributed by atoms with E-state index >= 15 is 0 Å². The second-order valence-electron chi connectivity index (χ2n) is 4.70. The second kappa shape index (κ2) is 5.19. The highest BCUT2D eigenvalue weighted by Crippen LogP contribution is 2.13. The van der Waals surface area contributed by atoms with E-state index in [9.17, 15) is 9.90 Å². The number of phenolic OH excluding ortho intramolecular Hbond substituents is 1. The van der Waals surface area contributed by atoms with Crippen LogP contribution in [0.25, 0.3) is 0 Å². The van der Waals surface area contributed by atoms with Crippen molar-refractivity contribution in [3.63, 3.8) is 0 Å². The number of nitrogens with zero attached hydrogens (tertiary/aromatic N) is 1. The number of aromatic hydroxyl groups is 1. The number of amides is 1. The highest BCUT2D eigenvalue weighted by Gasteiger charge is 2.28. The van der Waals surface area contributed by atoms with Gasteiger partial charge in [0.25, 0.3) is 0 Å². The number of phenols is 1. The summed E-state index contributed by atoms with van der Waals surface area (Å²) in [7, 11) is 3.54. The molecule has 4 nitrogen and oxygen atoms in total. The maximum Gasteiger partial charge on any atom is 0.242 e. The summed E-state index contributed by atoms with van der Waals surface area (Å²) in [6.45, 7) is 4.23. The van der Waals surface area contributed by atoms with Crippen LogP contribution in [0.3, 0.4) is 0 Å². The lowest BCUT2D eigenvalue weighted by Gasteiger charge is -2.29. The average Bonchev–Trinajstić information content (AvgIpc) is 2.31. The fourth-order valence-corrected chi connectivity index (χ4v) is 1.53. The summed E-state index contributed by atoms with van der Waals surface area (Å²) in [4.78, 5) is 13.8. The van der Waals surface area contributed by atoms with Gasteiger partial charge in [0, 0.05) is 13.6 Å². The van der Waals surface area contributed by atoms with Crippen molar-refractivity contribution in [1.29, 1.82) is 0 Å². The van der Waals surface area contributed by atoms with Crippen molar-refractivity contribution in [1.82, 2.24) is 10.2 Å².